The number of anilines is 2. The first-order valence-corrected chi connectivity index (χ1v) is 14.2. The molecule has 0 saturated heterocycles. The minimum atomic E-state index is -0.150. The van der Waals surface area contributed by atoms with Crippen molar-refractivity contribution in [2.24, 2.45) is 5.92 Å². The first-order valence-electron chi connectivity index (χ1n) is 12.5. The third-order valence-corrected chi connectivity index (χ3v) is 11.0. The summed E-state index contributed by atoms with van der Waals surface area (Å²) in [6.45, 7) is 9.42. The number of rotatable bonds is 1. The molecule has 0 radical (unpaired) electrons. The fourth-order valence-corrected chi connectivity index (χ4v) is 9.55. The van der Waals surface area contributed by atoms with Crippen LogP contribution in [0.1, 0.15) is 64.0 Å². The fourth-order valence-electron chi connectivity index (χ4n) is 6.78. The van der Waals surface area contributed by atoms with E-state index in [0.717, 1.165) is 4.44 Å². The molecule has 4 aliphatic rings. The number of nitrogens with zero attached hydrogens (tertiary/aromatic N) is 1. The number of carbonyl (C=O) groups is 2. The van der Waals surface area contributed by atoms with Crippen molar-refractivity contribution in [1.82, 2.24) is 0 Å². The van der Waals surface area contributed by atoms with Crippen LogP contribution in [-0.2, 0) is 10.8 Å². The second-order valence-corrected chi connectivity index (χ2v) is 13.6. The summed E-state index contributed by atoms with van der Waals surface area (Å²) in [5.74, 6) is 0.0357. The summed E-state index contributed by atoms with van der Waals surface area (Å²) in [6, 6.07) is 18.5. The van der Waals surface area contributed by atoms with Gasteiger partial charge < -0.3 is 0 Å². The van der Waals surface area contributed by atoms with Crippen molar-refractivity contribution in [1.29, 1.82) is 0 Å². The van der Waals surface area contributed by atoms with E-state index >= 15 is 0 Å². The van der Waals surface area contributed by atoms with E-state index in [9.17, 15) is 9.59 Å². The molecule has 3 aromatic rings. The molecular formula is C32H27NO2Se. The number of Topliss-reactive ketones (excluding diaryl/α,β-unsaturated/α-hetero) is 2. The number of ketones is 2. The van der Waals surface area contributed by atoms with Crippen LogP contribution in [0.4, 0.5) is 10.2 Å². The van der Waals surface area contributed by atoms with Gasteiger partial charge in [-0.15, -0.1) is 0 Å². The van der Waals surface area contributed by atoms with Crippen molar-refractivity contribution in [3.05, 3.63) is 111 Å². The quantitative estimate of drug-likeness (QED) is 0.205. The van der Waals surface area contributed by atoms with Gasteiger partial charge in [-0.05, 0) is 0 Å². The van der Waals surface area contributed by atoms with Crippen LogP contribution in [0.5, 0.6) is 0 Å². The molecule has 2 atom stereocenters. The average Bonchev–Trinajstić information content (AvgIpc) is 3.40. The van der Waals surface area contributed by atoms with E-state index in [1.54, 1.807) is 12.1 Å². The Morgan fingerprint density at radius 2 is 1.56 bits per heavy atom. The summed E-state index contributed by atoms with van der Waals surface area (Å²) in [4.78, 5) is 28.8. The molecule has 3 heterocycles. The zero-order valence-corrected chi connectivity index (χ0v) is 22.5. The number of para-hydroxylation sites is 1. The van der Waals surface area contributed by atoms with E-state index in [-0.39, 0.29) is 42.9 Å². The molecule has 1 aromatic heterocycles. The summed E-state index contributed by atoms with van der Waals surface area (Å²) in [6.07, 6.45) is 8.84. The molecule has 7 rings (SSSR count). The van der Waals surface area contributed by atoms with Crippen LogP contribution < -0.4 is 4.90 Å². The number of allylic oxidation sites excluding steroid dienone is 3. The molecule has 4 heteroatoms. The Kier molecular flexibility index (Phi) is 4.40. The molecule has 2 aliphatic carbocycles. The summed E-state index contributed by atoms with van der Waals surface area (Å²) in [7, 11) is 0. The normalized spacial score (nSPS) is 24.1. The summed E-state index contributed by atoms with van der Waals surface area (Å²) in [5.41, 5.74) is 6.69. The van der Waals surface area contributed by atoms with E-state index in [4.69, 9.17) is 0 Å². The SMILES string of the molecule is CC1(C)C2=CC=CC3C2N(c2ccccc21)c1[se]c(C=C2C(=O)c4ccccc4C2=O)cc1C3(C)C. The van der Waals surface area contributed by atoms with Crippen LogP contribution in [0.25, 0.3) is 6.08 Å². The maximum atomic E-state index is 13.1. The van der Waals surface area contributed by atoms with Gasteiger partial charge >= 0.3 is 218 Å². The van der Waals surface area contributed by atoms with Crippen molar-refractivity contribution < 1.29 is 9.59 Å². The molecular weight excluding hydrogens is 509 g/mol. The second kappa shape index (κ2) is 7.18. The van der Waals surface area contributed by atoms with E-state index < -0.39 is 0 Å². The van der Waals surface area contributed by atoms with Crippen molar-refractivity contribution in [2.45, 2.75) is 44.6 Å². The Morgan fingerprint density at radius 3 is 2.28 bits per heavy atom. The van der Waals surface area contributed by atoms with E-state index in [2.05, 4.69) is 81.2 Å². The third-order valence-electron chi connectivity index (χ3n) is 8.76. The monoisotopic (exact) mass is 537 g/mol. The molecule has 36 heavy (non-hydrogen) atoms. The van der Waals surface area contributed by atoms with Gasteiger partial charge in [0.25, 0.3) is 0 Å². The molecule has 0 amide bonds. The molecule has 0 N–H and O–H groups in total. The molecule has 178 valence electrons. The van der Waals surface area contributed by atoms with Crippen LogP contribution in [-0.4, -0.2) is 32.1 Å². The van der Waals surface area contributed by atoms with Gasteiger partial charge in [-0.1, -0.05) is 0 Å². The summed E-state index contributed by atoms with van der Waals surface area (Å²) < 4.78 is 2.46. The molecule has 0 saturated carbocycles. The zero-order valence-electron chi connectivity index (χ0n) is 20.8. The summed E-state index contributed by atoms with van der Waals surface area (Å²) in [5, 5.41) is 0. The Balaban J connectivity index is 1.44. The van der Waals surface area contributed by atoms with Crippen LogP contribution in [0.2, 0.25) is 0 Å². The number of benzene rings is 2. The van der Waals surface area contributed by atoms with Crippen molar-refractivity contribution in [2.75, 3.05) is 4.90 Å². The summed E-state index contributed by atoms with van der Waals surface area (Å²) >= 11 is -0.0131. The molecule has 2 aliphatic heterocycles. The van der Waals surface area contributed by atoms with Gasteiger partial charge in [0.1, 0.15) is 0 Å². The number of carbonyl (C=O) groups excluding carboxylic acids is 2. The number of hydrogen-bond donors (Lipinski definition) is 0. The predicted octanol–water partition coefficient (Wildman–Crippen LogP) is 6.41. The van der Waals surface area contributed by atoms with Gasteiger partial charge in [-0.3, -0.25) is 0 Å². The van der Waals surface area contributed by atoms with Crippen LogP contribution in [0.15, 0.2) is 84.0 Å². The Labute approximate surface area is 217 Å². The topological polar surface area (TPSA) is 37.4 Å². The average molecular weight is 537 g/mol. The van der Waals surface area contributed by atoms with Gasteiger partial charge in [0, 0.05) is 0 Å². The van der Waals surface area contributed by atoms with Crippen molar-refractivity contribution >= 4 is 42.4 Å². The molecule has 0 spiro atoms. The van der Waals surface area contributed by atoms with Gasteiger partial charge in [-0.25, -0.2) is 0 Å². The van der Waals surface area contributed by atoms with Gasteiger partial charge in [0.2, 0.25) is 0 Å². The predicted molar refractivity (Wildman–Crippen MR) is 146 cm³/mol. The molecule has 2 aromatic carbocycles. The maximum absolute atomic E-state index is 13.1. The van der Waals surface area contributed by atoms with E-state index in [0.29, 0.717) is 22.6 Å². The van der Waals surface area contributed by atoms with Crippen LogP contribution in [0, 0.1) is 5.92 Å². The zero-order chi connectivity index (χ0) is 25.0. The van der Waals surface area contributed by atoms with Gasteiger partial charge in [0.15, 0.2) is 0 Å². The third kappa shape index (κ3) is 2.69. The number of hydrogen-bond acceptors (Lipinski definition) is 3. The van der Waals surface area contributed by atoms with Crippen LogP contribution in [0.3, 0.4) is 0 Å². The fraction of sp³-hybridized carbons (Fsp3) is 0.250. The van der Waals surface area contributed by atoms with Crippen molar-refractivity contribution in [3.63, 3.8) is 0 Å². The Hall–Kier alpha value is -3.20. The van der Waals surface area contributed by atoms with Crippen molar-refractivity contribution in [3.8, 4) is 0 Å². The molecule has 0 bridgehead atoms. The first-order chi connectivity index (χ1) is 17.2. The standard InChI is InChI=1S/C32H27NO2Se/c1-31(2)22-12-7-8-15-26(22)33-27-23(31)13-9-14-24(27)32(3,4)25-17-18(36-30(25)33)16-21-28(34)19-10-5-6-11-20(19)29(21)35/h5-17,24,27H,1-4H3. The molecule has 0 fully saturated rings. The Bertz CT molecular complexity index is 1560. The first kappa shape index (κ1) is 22.0. The van der Waals surface area contributed by atoms with E-state index in [1.165, 1.54) is 26.9 Å². The second-order valence-electron chi connectivity index (χ2n) is 11.3. The minimum absolute atomic E-state index is 0.0131. The van der Waals surface area contributed by atoms with E-state index in [1.807, 2.05) is 18.2 Å². The Morgan fingerprint density at radius 1 is 0.889 bits per heavy atom. The van der Waals surface area contributed by atoms with Crippen LogP contribution >= 0.6 is 0 Å². The molecule has 2 unspecified atom stereocenters. The van der Waals surface area contributed by atoms with Gasteiger partial charge in [0.05, 0.1) is 0 Å². The number of fused-ring (bicyclic) bond motifs is 5. The molecule has 3 nitrogen and oxygen atoms in total. The van der Waals surface area contributed by atoms with Gasteiger partial charge in [-0.2, -0.15) is 0 Å².